The second-order valence-corrected chi connectivity index (χ2v) is 6.29. The van der Waals surface area contributed by atoms with Crippen LogP contribution in [0.5, 0.6) is 0 Å². The summed E-state index contributed by atoms with van der Waals surface area (Å²) in [5.74, 6) is 1.57. The number of hydrogen-bond donors (Lipinski definition) is 2. The number of oxime groups is 1. The minimum atomic E-state index is 0.0118. The van der Waals surface area contributed by atoms with Crippen molar-refractivity contribution in [2.24, 2.45) is 10.9 Å². The zero-order valence-corrected chi connectivity index (χ0v) is 13.7. The summed E-state index contributed by atoms with van der Waals surface area (Å²) in [5, 5.41) is 13.0. The van der Waals surface area contributed by atoms with Crippen LogP contribution < -0.4 is 10.6 Å². The molecule has 0 radical (unpaired) electrons. The van der Waals surface area contributed by atoms with E-state index < -0.39 is 0 Å². The van der Waals surface area contributed by atoms with Crippen molar-refractivity contribution in [2.45, 2.75) is 39.2 Å². The van der Waals surface area contributed by atoms with Gasteiger partial charge in [-0.25, -0.2) is 4.98 Å². The fourth-order valence-electron chi connectivity index (χ4n) is 2.54. The summed E-state index contributed by atoms with van der Waals surface area (Å²) < 4.78 is 4.41. The average Bonchev–Trinajstić information content (AvgIpc) is 2.98. The Morgan fingerprint density at radius 1 is 1.38 bits per heavy atom. The van der Waals surface area contributed by atoms with E-state index in [0.29, 0.717) is 11.8 Å². The first kappa shape index (κ1) is 16.0. The van der Waals surface area contributed by atoms with Gasteiger partial charge in [-0.15, -0.1) is 0 Å². The standard InChI is InChI=1S/C13H24N6OS/c1-4-10(11(14)16-20)18-5-7-19(8-6-18)13-15-12(9(2)3)17-21-13/h9-10,20H,4-8H2,1-3H3,(H2,14,16). The van der Waals surface area contributed by atoms with Gasteiger partial charge < -0.3 is 15.8 Å². The normalized spacial score (nSPS) is 19.2. The molecule has 1 aromatic heterocycles. The number of hydrogen-bond acceptors (Lipinski definition) is 7. The molecule has 3 N–H and O–H groups in total. The van der Waals surface area contributed by atoms with Crippen molar-refractivity contribution >= 4 is 22.5 Å². The molecule has 1 fully saturated rings. The van der Waals surface area contributed by atoms with E-state index in [2.05, 4.69) is 45.1 Å². The van der Waals surface area contributed by atoms with Crippen molar-refractivity contribution in [3.63, 3.8) is 0 Å². The van der Waals surface area contributed by atoms with Gasteiger partial charge in [-0.3, -0.25) is 4.90 Å². The molecule has 0 aromatic carbocycles. The number of anilines is 1. The topological polar surface area (TPSA) is 90.9 Å². The summed E-state index contributed by atoms with van der Waals surface area (Å²) in [6.45, 7) is 9.80. The lowest BCUT2D eigenvalue weighted by atomic mass is 10.1. The lowest BCUT2D eigenvalue weighted by Crippen LogP contribution is -2.54. The molecule has 0 aliphatic carbocycles. The van der Waals surface area contributed by atoms with Crippen LogP contribution >= 0.6 is 11.5 Å². The maximum atomic E-state index is 8.86. The Labute approximate surface area is 129 Å². The minimum absolute atomic E-state index is 0.0118. The monoisotopic (exact) mass is 312 g/mol. The molecule has 2 heterocycles. The van der Waals surface area contributed by atoms with Crippen LogP contribution in [0.2, 0.25) is 0 Å². The first-order valence-electron chi connectivity index (χ1n) is 7.36. The highest BCUT2D eigenvalue weighted by Gasteiger charge is 2.26. The highest BCUT2D eigenvalue weighted by atomic mass is 32.1. The van der Waals surface area contributed by atoms with Crippen molar-refractivity contribution < 1.29 is 5.21 Å². The van der Waals surface area contributed by atoms with Gasteiger partial charge in [0.2, 0.25) is 5.13 Å². The quantitative estimate of drug-likeness (QED) is 0.369. The molecular formula is C13H24N6OS. The predicted octanol–water partition coefficient (Wildman–Crippen LogP) is 1.31. The van der Waals surface area contributed by atoms with Crippen LogP contribution in [0.4, 0.5) is 5.13 Å². The minimum Gasteiger partial charge on any atom is -0.409 e. The highest BCUT2D eigenvalue weighted by Crippen LogP contribution is 2.23. The zero-order chi connectivity index (χ0) is 15.4. The number of nitrogens with zero attached hydrogens (tertiary/aromatic N) is 5. The van der Waals surface area contributed by atoms with E-state index in [1.807, 2.05) is 0 Å². The summed E-state index contributed by atoms with van der Waals surface area (Å²) in [7, 11) is 0. The molecule has 0 spiro atoms. The van der Waals surface area contributed by atoms with Crippen molar-refractivity contribution in [1.82, 2.24) is 14.3 Å². The van der Waals surface area contributed by atoms with Gasteiger partial charge in [0.1, 0.15) is 5.82 Å². The summed E-state index contributed by atoms with van der Waals surface area (Å²) in [4.78, 5) is 9.12. The molecule has 1 atom stereocenters. The van der Waals surface area contributed by atoms with Crippen LogP contribution in [0.3, 0.4) is 0 Å². The third kappa shape index (κ3) is 3.62. The molecule has 8 heteroatoms. The molecule has 21 heavy (non-hydrogen) atoms. The fraction of sp³-hybridized carbons (Fsp3) is 0.769. The molecule has 1 aromatic rings. The number of nitrogens with two attached hydrogens (primary N) is 1. The second-order valence-electron chi connectivity index (χ2n) is 5.56. The van der Waals surface area contributed by atoms with Crippen LogP contribution in [0.1, 0.15) is 38.9 Å². The third-order valence-corrected chi connectivity index (χ3v) is 4.61. The van der Waals surface area contributed by atoms with Gasteiger partial charge in [0, 0.05) is 43.6 Å². The number of rotatable bonds is 5. The average molecular weight is 312 g/mol. The largest absolute Gasteiger partial charge is 0.409 e. The lowest BCUT2D eigenvalue weighted by molar-refractivity contribution is 0.216. The zero-order valence-electron chi connectivity index (χ0n) is 12.9. The van der Waals surface area contributed by atoms with Crippen LogP contribution in [0.15, 0.2) is 5.16 Å². The number of piperazine rings is 1. The van der Waals surface area contributed by atoms with E-state index in [9.17, 15) is 0 Å². The maximum absolute atomic E-state index is 8.86. The SMILES string of the molecule is CCC(C(N)=NO)N1CCN(c2nc(C(C)C)ns2)CC1. The molecule has 1 unspecified atom stereocenters. The first-order valence-corrected chi connectivity index (χ1v) is 8.14. The second kappa shape index (κ2) is 7.04. The Kier molecular flexibility index (Phi) is 5.35. The predicted molar refractivity (Wildman–Crippen MR) is 85.3 cm³/mol. The van der Waals surface area contributed by atoms with Gasteiger partial charge in [-0.05, 0) is 6.42 Å². The molecule has 7 nitrogen and oxygen atoms in total. The summed E-state index contributed by atoms with van der Waals surface area (Å²) in [6, 6.07) is 0.0118. The van der Waals surface area contributed by atoms with Crippen LogP contribution in [-0.2, 0) is 0 Å². The van der Waals surface area contributed by atoms with Crippen LogP contribution in [-0.4, -0.2) is 57.5 Å². The van der Waals surface area contributed by atoms with E-state index in [4.69, 9.17) is 10.9 Å². The fourth-order valence-corrected chi connectivity index (χ4v) is 3.39. The summed E-state index contributed by atoms with van der Waals surface area (Å²) in [6.07, 6.45) is 0.839. The highest BCUT2D eigenvalue weighted by molar-refractivity contribution is 7.09. The Balaban J connectivity index is 1.96. The van der Waals surface area contributed by atoms with Crippen molar-refractivity contribution in [2.75, 3.05) is 31.1 Å². The van der Waals surface area contributed by atoms with Crippen molar-refractivity contribution in [3.8, 4) is 0 Å². The van der Waals surface area contributed by atoms with Crippen LogP contribution in [0.25, 0.3) is 0 Å². The van der Waals surface area contributed by atoms with Gasteiger partial charge >= 0.3 is 0 Å². The molecule has 118 valence electrons. The van der Waals surface area contributed by atoms with Gasteiger partial charge in [-0.1, -0.05) is 25.9 Å². The van der Waals surface area contributed by atoms with Crippen molar-refractivity contribution in [3.05, 3.63) is 5.82 Å². The van der Waals surface area contributed by atoms with Gasteiger partial charge in [0.05, 0.1) is 6.04 Å². The van der Waals surface area contributed by atoms with Gasteiger partial charge in [0.15, 0.2) is 5.84 Å². The Hall–Kier alpha value is -1.41. The molecule has 1 aliphatic rings. The maximum Gasteiger partial charge on any atom is 0.205 e. The summed E-state index contributed by atoms with van der Waals surface area (Å²) >= 11 is 1.47. The summed E-state index contributed by atoms with van der Waals surface area (Å²) in [5.41, 5.74) is 5.77. The van der Waals surface area contributed by atoms with E-state index in [1.165, 1.54) is 11.5 Å². The molecule has 0 saturated carbocycles. The number of aromatic nitrogens is 2. The van der Waals surface area contributed by atoms with E-state index in [1.54, 1.807) is 0 Å². The van der Waals surface area contributed by atoms with E-state index >= 15 is 0 Å². The molecule has 2 rings (SSSR count). The van der Waals surface area contributed by atoms with Gasteiger partial charge in [-0.2, -0.15) is 4.37 Å². The Morgan fingerprint density at radius 3 is 2.52 bits per heavy atom. The molecule has 1 aliphatic heterocycles. The van der Waals surface area contributed by atoms with Crippen LogP contribution in [0, 0.1) is 0 Å². The lowest BCUT2D eigenvalue weighted by Gasteiger charge is -2.38. The third-order valence-electron chi connectivity index (χ3n) is 3.82. The molecule has 1 saturated heterocycles. The van der Waals surface area contributed by atoms with E-state index in [0.717, 1.165) is 43.6 Å². The number of amidine groups is 1. The van der Waals surface area contributed by atoms with Gasteiger partial charge in [0.25, 0.3) is 0 Å². The molecule has 0 amide bonds. The van der Waals surface area contributed by atoms with E-state index in [-0.39, 0.29) is 6.04 Å². The first-order chi connectivity index (χ1) is 10.1. The molecular weight excluding hydrogens is 288 g/mol. The Bertz CT molecular complexity index is 481. The van der Waals surface area contributed by atoms with Crippen molar-refractivity contribution in [1.29, 1.82) is 0 Å². The Morgan fingerprint density at radius 2 is 2.05 bits per heavy atom. The smallest absolute Gasteiger partial charge is 0.205 e. The molecule has 0 bridgehead atoms.